The summed E-state index contributed by atoms with van der Waals surface area (Å²) < 4.78 is 10.8. The summed E-state index contributed by atoms with van der Waals surface area (Å²) in [5.41, 5.74) is 7.17. The summed E-state index contributed by atoms with van der Waals surface area (Å²) in [6.07, 6.45) is 0.716. The Kier molecular flexibility index (Phi) is 6.65. The zero-order valence-electron chi connectivity index (χ0n) is 15.8. The van der Waals surface area contributed by atoms with Gasteiger partial charge in [0, 0.05) is 50.1 Å². The molecule has 0 atom stereocenters. The van der Waals surface area contributed by atoms with E-state index >= 15 is 0 Å². The van der Waals surface area contributed by atoms with E-state index in [4.69, 9.17) is 15.2 Å². The maximum Gasteiger partial charge on any atom is 0.273 e. The van der Waals surface area contributed by atoms with Gasteiger partial charge >= 0.3 is 0 Å². The number of hydrogen-bond acceptors (Lipinski definition) is 7. The van der Waals surface area contributed by atoms with Crippen LogP contribution in [0.25, 0.3) is 0 Å². The summed E-state index contributed by atoms with van der Waals surface area (Å²) in [4.78, 5) is 21.3. The number of aromatic nitrogens is 1. The van der Waals surface area contributed by atoms with Gasteiger partial charge in [0.25, 0.3) is 5.91 Å². The van der Waals surface area contributed by atoms with Gasteiger partial charge in [0.2, 0.25) is 0 Å². The Labute approximate surface area is 163 Å². The number of nitrogens with zero attached hydrogens (tertiary/aromatic N) is 3. The molecule has 27 heavy (non-hydrogen) atoms. The number of thiazole rings is 1. The first-order chi connectivity index (χ1) is 13.1. The van der Waals surface area contributed by atoms with E-state index in [-0.39, 0.29) is 5.91 Å². The number of methoxy groups -OCH3 is 2. The Hall–Kier alpha value is -2.16. The first-order valence-corrected chi connectivity index (χ1v) is 9.89. The molecule has 146 valence electrons. The highest BCUT2D eigenvalue weighted by atomic mass is 32.1. The Morgan fingerprint density at radius 2 is 2.00 bits per heavy atom. The van der Waals surface area contributed by atoms with Crippen molar-refractivity contribution in [3.8, 4) is 11.5 Å². The largest absolute Gasteiger partial charge is 0.497 e. The van der Waals surface area contributed by atoms with Crippen molar-refractivity contribution in [2.45, 2.75) is 13.0 Å². The third kappa shape index (κ3) is 4.77. The summed E-state index contributed by atoms with van der Waals surface area (Å²) >= 11 is 1.50. The van der Waals surface area contributed by atoms with Crippen LogP contribution in [0.4, 0.5) is 0 Å². The topological polar surface area (TPSA) is 80.9 Å². The van der Waals surface area contributed by atoms with Crippen LogP contribution in [0, 0.1) is 0 Å². The molecule has 2 N–H and O–H groups in total. The number of hydrogen-bond donors (Lipinski definition) is 1. The molecule has 7 nitrogen and oxygen atoms in total. The van der Waals surface area contributed by atoms with E-state index < -0.39 is 0 Å². The van der Waals surface area contributed by atoms with Gasteiger partial charge < -0.3 is 20.1 Å². The normalized spacial score (nSPS) is 15.0. The average molecular weight is 391 g/mol. The van der Waals surface area contributed by atoms with Gasteiger partial charge in [-0.05, 0) is 24.7 Å². The van der Waals surface area contributed by atoms with Crippen molar-refractivity contribution in [3.05, 3.63) is 39.8 Å². The second-order valence-electron chi connectivity index (χ2n) is 6.41. The second kappa shape index (κ2) is 9.16. The molecule has 2 heterocycles. The molecule has 3 rings (SSSR count). The third-order valence-corrected chi connectivity index (χ3v) is 5.58. The number of ether oxygens (including phenoxy) is 2. The Morgan fingerprint density at radius 3 is 2.67 bits per heavy atom. The molecule has 0 aliphatic carbocycles. The fourth-order valence-corrected chi connectivity index (χ4v) is 3.95. The SMILES string of the molecule is COc1ccc(OC)c(CN2CCN(C(=O)c3csc(CCN)n3)CC2)c1. The van der Waals surface area contributed by atoms with Gasteiger partial charge in [-0.15, -0.1) is 11.3 Å². The lowest BCUT2D eigenvalue weighted by Gasteiger charge is -2.34. The van der Waals surface area contributed by atoms with Crippen molar-refractivity contribution < 1.29 is 14.3 Å². The second-order valence-corrected chi connectivity index (χ2v) is 7.35. The van der Waals surface area contributed by atoms with Crippen LogP contribution in [0.3, 0.4) is 0 Å². The zero-order valence-corrected chi connectivity index (χ0v) is 16.6. The minimum absolute atomic E-state index is 0.00753. The summed E-state index contributed by atoms with van der Waals surface area (Å²) in [5, 5.41) is 2.76. The van der Waals surface area contributed by atoms with Crippen molar-refractivity contribution in [2.75, 3.05) is 46.9 Å². The fraction of sp³-hybridized carbons (Fsp3) is 0.474. The summed E-state index contributed by atoms with van der Waals surface area (Å²) in [5.74, 6) is 1.67. The highest BCUT2D eigenvalue weighted by Crippen LogP contribution is 2.25. The van der Waals surface area contributed by atoms with Gasteiger partial charge in [-0.2, -0.15) is 0 Å². The van der Waals surface area contributed by atoms with E-state index in [2.05, 4.69) is 9.88 Å². The van der Waals surface area contributed by atoms with Crippen LogP contribution in [0.2, 0.25) is 0 Å². The molecule has 1 aliphatic rings. The molecule has 1 saturated heterocycles. The molecule has 1 aromatic heterocycles. The van der Waals surface area contributed by atoms with Crippen LogP contribution in [0.1, 0.15) is 21.1 Å². The van der Waals surface area contributed by atoms with E-state index in [0.717, 1.165) is 41.7 Å². The smallest absolute Gasteiger partial charge is 0.273 e. The molecular formula is C19H26N4O3S. The molecule has 1 aromatic carbocycles. The first-order valence-electron chi connectivity index (χ1n) is 9.01. The van der Waals surface area contributed by atoms with E-state index in [9.17, 15) is 4.79 Å². The highest BCUT2D eigenvalue weighted by molar-refractivity contribution is 7.09. The molecule has 0 bridgehead atoms. The van der Waals surface area contributed by atoms with Gasteiger partial charge in [-0.1, -0.05) is 0 Å². The molecule has 2 aromatic rings. The number of piperazine rings is 1. The number of amides is 1. The molecule has 0 saturated carbocycles. The molecular weight excluding hydrogens is 364 g/mol. The lowest BCUT2D eigenvalue weighted by Crippen LogP contribution is -2.48. The summed E-state index contributed by atoms with van der Waals surface area (Å²) in [7, 11) is 3.34. The molecule has 0 radical (unpaired) electrons. The molecule has 0 spiro atoms. The number of rotatable bonds is 7. The monoisotopic (exact) mass is 390 g/mol. The third-order valence-electron chi connectivity index (χ3n) is 4.67. The lowest BCUT2D eigenvalue weighted by atomic mass is 10.1. The number of benzene rings is 1. The van der Waals surface area contributed by atoms with Crippen LogP contribution in [0.15, 0.2) is 23.6 Å². The van der Waals surface area contributed by atoms with E-state index in [1.165, 1.54) is 11.3 Å². The molecule has 1 amide bonds. The van der Waals surface area contributed by atoms with E-state index in [0.29, 0.717) is 31.7 Å². The minimum atomic E-state index is 0.00753. The quantitative estimate of drug-likeness (QED) is 0.774. The van der Waals surface area contributed by atoms with Crippen LogP contribution in [-0.4, -0.2) is 67.6 Å². The van der Waals surface area contributed by atoms with Gasteiger partial charge in [0.1, 0.15) is 17.2 Å². The molecule has 1 fully saturated rings. The molecule has 8 heteroatoms. The fourth-order valence-electron chi connectivity index (χ4n) is 3.16. The molecule has 1 aliphatic heterocycles. The van der Waals surface area contributed by atoms with Gasteiger partial charge in [0.05, 0.1) is 19.2 Å². The van der Waals surface area contributed by atoms with Crippen LogP contribution in [-0.2, 0) is 13.0 Å². The highest BCUT2D eigenvalue weighted by Gasteiger charge is 2.24. The standard InChI is InChI=1S/C19H26N4O3S/c1-25-15-3-4-17(26-2)14(11-15)12-22-7-9-23(10-8-22)19(24)16-13-27-18(21-16)5-6-20/h3-4,11,13H,5-10,12,20H2,1-2H3. The summed E-state index contributed by atoms with van der Waals surface area (Å²) in [6, 6.07) is 5.82. The number of nitrogens with two attached hydrogens (primary N) is 1. The van der Waals surface area contributed by atoms with Crippen molar-refractivity contribution >= 4 is 17.2 Å². The van der Waals surface area contributed by atoms with Crippen molar-refractivity contribution in [1.82, 2.24) is 14.8 Å². The van der Waals surface area contributed by atoms with Crippen LogP contribution in [0.5, 0.6) is 11.5 Å². The van der Waals surface area contributed by atoms with Crippen molar-refractivity contribution in [3.63, 3.8) is 0 Å². The maximum absolute atomic E-state index is 12.7. The minimum Gasteiger partial charge on any atom is -0.497 e. The van der Waals surface area contributed by atoms with Gasteiger partial charge in [-0.25, -0.2) is 4.98 Å². The van der Waals surface area contributed by atoms with Crippen molar-refractivity contribution in [2.24, 2.45) is 5.73 Å². The zero-order chi connectivity index (χ0) is 19.2. The average Bonchev–Trinajstić information content (AvgIpc) is 3.17. The first kappa shape index (κ1) is 19.6. The Balaban J connectivity index is 1.58. The Bertz CT molecular complexity index is 772. The van der Waals surface area contributed by atoms with E-state index in [1.54, 1.807) is 14.2 Å². The maximum atomic E-state index is 12.7. The number of carbonyl (C=O) groups is 1. The van der Waals surface area contributed by atoms with E-state index in [1.807, 2.05) is 28.5 Å². The van der Waals surface area contributed by atoms with Crippen LogP contribution >= 0.6 is 11.3 Å². The Morgan fingerprint density at radius 1 is 1.22 bits per heavy atom. The van der Waals surface area contributed by atoms with Crippen molar-refractivity contribution in [1.29, 1.82) is 0 Å². The molecule has 0 unspecified atom stereocenters. The predicted octanol–water partition coefficient (Wildman–Crippen LogP) is 1.62. The lowest BCUT2D eigenvalue weighted by molar-refractivity contribution is 0.0622. The summed E-state index contributed by atoms with van der Waals surface area (Å²) in [6.45, 7) is 4.31. The van der Waals surface area contributed by atoms with Gasteiger partial charge in [0.15, 0.2) is 0 Å². The van der Waals surface area contributed by atoms with Gasteiger partial charge in [-0.3, -0.25) is 9.69 Å². The number of carbonyl (C=O) groups excluding carboxylic acids is 1. The predicted molar refractivity (Wildman–Crippen MR) is 106 cm³/mol. The van der Waals surface area contributed by atoms with Crippen LogP contribution < -0.4 is 15.2 Å².